The molecule has 0 aliphatic heterocycles. The Balaban J connectivity index is 2.73. The number of pyridine rings is 1. The zero-order chi connectivity index (χ0) is 9.26. The molecular weight excluding hydrogens is 168 g/mol. The van der Waals surface area contributed by atoms with Crippen molar-refractivity contribution in [2.45, 2.75) is 6.61 Å². The third kappa shape index (κ3) is 1.13. The second kappa shape index (κ2) is 2.84. The molecule has 2 aromatic rings. The van der Waals surface area contributed by atoms with Crippen LogP contribution in [0.2, 0.25) is 0 Å². The van der Waals surface area contributed by atoms with Crippen LogP contribution in [-0.2, 0) is 6.61 Å². The summed E-state index contributed by atoms with van der Waals surface area (Å²) in [4.78, 5) is 0. The molecule has 64 valence electrons. The quantitative estimate of drug-likeness (QED) is 0.665. The minimum atomic E-state index is -0.184. The Kier molecular flexibility index (Phi) is 1.69. The maximum Gasteiger partial charge on any atom is 0.163 e. The van der Waals surface area contributed by atoms with E-state index in [1.165, 1.54) is 0 Å². The van der Waals surface area contributed by atoms with Crippen LogP contribution in [-0.4, -0.2) is 19.7 Å². The fourth-order valence-electron chi connectivity index (χ4n) is 1.11. The van der Waals surface area contributed by atoms with Gasteiger partial charge < -0.3 is 5.11 Å². The summed E-state index contributed by atoms with van der Waals surface area (Å²) in [5, 5.41) is 25.1. The van der Waals surface area contributed by atoms with Crippen molar-refractivity contribution in [1.82, 2.24) is 14.6 Å². The molecule has 0 amide bonds. The third-order valence-corrected chi connectivity index (χ3v) is 1.74. The van der Waals surface area contributed by atoms with E-state index >= 15 is 0 Å². The lowest BCUT2D eigenvalue weighted by atomic mass is 10.3. The number of nitriles is 1. The fourth-order valence-corrected chi connectivity index (χ4v) is 1.11. The van der Waals surface area contributed by atoms with Gasteiger partial charge in [-0.2, -0.15) is 5.26 Å². The second-order valence-electron chi connectivity index (χ2n) is 2.53. The van der Waals surface area contributed by atoms with Gasteiger partial charge >= 0.3 is 0 Å². The monoisotopic (exact) mass is 174 g/mol. The molecule has 2 heterocycles. The summed E-state index contributed by atoms with van der Waals surface area (Å²) in [6, 6.07) is 5.35. The Bertz CT molecular complexity index is 482. The first-order chi connectivity index (χ1) is 6.35. The van der Waals surface area contributed by atoms with Gasteiger partial charge in [0.05, 0.1) is 5.56 Å². The first-order valence-corrected chi connectivity index (χ1v) is 3.70. The molecular formula is C8H6N4O. The molecule has 1 N–H and O–H groups in total. The Morgan fingerprint density at radius 2 is 2.31 bits per heavy atom. The molecule has 2 aromatic heterocycles. The van der Waals surface area contributed by atoms with Gasteiger partial charge in [0.15, 0.2) is 11.5 Å². The summed E-state index contributed by atoms with van der Waals surface area (Å²) >= 11 is 0. The van der Waals surface area contributed by atoms with Crippen molar-refractivity contribution >= 4 is 5.65 Å². The predicted octanol–water partition coefficient (Wildman–Crippen LogP) is 0.0933. The standard InChI is InChI=1S/C8H6N4O/c9-3-6-1-2-7-10-11-8(5-13)12(7)4-6/h1-2,4,13H,5H2. The molecule has 0 atom stereocenters. The molecule has 2 rings (SSSR count). The highest BCUT2D eigenvalue weighted by molar-refractivity contribution is 5.42. The molecule has 0 unspecified atom stereocenters. The molecule has 0 aliphatic rings. The Morgan fingerprint density at radius 1 is 1.46 bits per heavy atom. The predicted molar refractivity (Wildman–Crippen MR) is 43.6 cm³/mol. The number of nitrogens with zero attached hydrogens (tertiary/aromatic N) is 4. The second-order valence-corrected chi connectivity index (χ2v) is 2.53. The Hall–Kier alpha value is -1.93. The largest absolute Gasteiger partial charge is 0.388 e. The van der Waals surface area contributed by atoms with Crippen LogP contribution >= 0.6 is 0 Å². The van der Waals surface area contributed by atoms with Gasteiger partial charge in [0.2, 0.25) is 0 Å². The van der Waals surface area contributed by atoms with Crippen molar-refractivity contribution in [2.75, 3.05) is 0 Å². The topological polar surface area (TPSA) is 74.2 Å². The smallest absolute Gasteiger partial charge is 0.163 e. The van der Waals surface area contributed by atoms with Crippen LogP contribution < -0.4 is 0 Å². The lowest BCUT2D eigenvalue weighted by molar-refractivity contribution is 0.270. The molecule has 0 radical (unpaired) electrons. The number of aliphatic hydroxyl groups excluding tert-OH is 1. The van der Waals surface area contributed by atoms with Crippen molar-refractivity contribution < 1.29 is 5.11 Å². The SMILES string of the molecule is N#Cc1ccc2nnc(CO)n2c1. The van der Waals surface area contributed by atoms with Crippen LogP contribution in [0.3, 0.4) is 0 Å². The number of fused-ring (bicyclic) bond motifs is 1. The molecule has 0 saturated carbocycles. The molecule has 5 nitrogen and oxygen atoms in total. The van der Waals surface area contributed by atoms with Crippen LogP contribution in [0.5, 0.6) is 0 Å². The van der Waals surface area contributed by atoms with Crippen LogP contribution in [0.25, 0.3) is 5.65 Å². The molecule has 0 aliphatic carbocycles. The lowest BCUT2D eigenvalue weighted by Gasteiger charge is -1.95. The van der Waals surface area contributed by atoms with Crippen LogP contribution in [0.1, 0.15) is 11.4 Å². The molecule has 0 bridgehead atoms. The summed E-state index contributed by atoms with van der Waals surface area (Å²) in [7, 11) is 0. The molecule has 5 heteroatoms. The molecule has 0 spiro atoms. The van der Waals surface area contributed by atoms with Crippen molar-refractivity contribution in [3.8, 4) is 6.07 Å². The summed E-state index contributed by atoms with van der Waals surface area (Å²) in [6.45, 7) is -0.184. The highest BCUT2D eigenvalue weighted by Crippen LogP contribution is 2.05. The number of aromatic nitrogens is 3. The van der Waals surface area contributed by atoms with Crippen molar-refractivity contribution in [3.63, 3.8) is 0 Å². The van der Waals surface area contributed by atoms with E-state index in [1.54, 1.807) is 22.7 Å². The van der Waals surface area contributed by atoms with E-state index < -0.39 is 0 Å². The van der Waals surface area contributed by atoms with E-state index in [-0.39, 0.29) is 6.61 Å². The zero-order valence-electron chi connectivity index (χ0n) is 6.68. The van der Waals surface area contributed by atoms with Crippen LogP contribution in [0.4, 0.5) is 0 Å². The minimum absolute atomic E-state index is 0.184. The minimum Gasteiger partial charge on any atom is -0.388 e. The van der Waals surface area contributed by atoms with E-state index in [4.69, 9.17) is 10.4 Å². The molecule has 0 saturated heterocycles. The van der Waals surface area contributed by atoms with Gasteiger partial charge in [0, 0.05) is 6.20 Å². The van der Waals surface area contributed by atoms with Gasteiger partial charge in [-0.15, -0.1) is 10.2 Å². The van der Waals surface area contributed by atoms with Gasteiger partial charge in [-0.1, -0.05) is 0 Å². The average Bonchev–Trinajstić information content (AvgIpc) is 2.59. The van der Waals surface area contributed by atoms with Gasteiger partial charge in [-0.3, -0.25) is 4.40 Å². The Morgan fingerprint density at radius 3 is 3.00 bits per heavy atom. The van der Waals surface area contributed by atoms with Crippen LogP contribution in [0, 0.1) is 11.3 Å². The highest BCUT2D eigenvalue weighted by Gasteiger charge is 2.03. The molecule has 13 heavy (non-hydrogen) atoms. The summed E-state index contributed by atoms with van der Waals surface area (Å²) in [5.74, 6) is 0.437. The summed E-state index contributed by atoms with van der Waals surface area (Å²) in [5.41, 5.74) is 1.14. The van der Waals surface area contributed by atoms with Gasteiger partial charge in [0.25, 0.3) is 0 Å². The van der Waals surface area contributed by atoms with E-state index in [0.29, 0.717) is 17.0 Å². The molecule has 0 aromatic carbocycles. The van der Waals surface area contributed by atoms with Crippen molar-refractivity contribution in [2.24, 2.45) is 0 Å². The number of hydrogen-bond donors (Lipinski definition) is 1. The van der Waals surface area contributed by atoms with Crippen molar-refractivity contribution in [3.05, 3.63) is 29.7 Å². The normalized spacial score (nSPS) is 10.2. The van der Waals surface area contributed by atoms with Gasteiger partial charge in [-0.25, -0.2) is 0 Å². The highest BCUT2D eigenvalue weighted by atomic mass is 16.3. The lowest BCUT2D eigenvalue weighted by Crippen LogP contribution is -1.94. The van der Waals surface area contributed by atoms with Gasteiger partial charge in [-0.05, 0) is 12.1 Å². The number of hydrogen-bond acceptors (Lipinski definition) is 4. The zero-order valence-corrected chi connectivity index (χ0v) is 6.68. The first-order valence-electron chi connectivity index (χ1n) is 3.70. The van der Waals surface area contributed by atoms with E-state index in [1.807, 2.05) is 6.07 Å². The Labute approximate surface area is 73.9 Å². The van der Waals surface area contributed by atoms with Gasteiger partial charge in [0.1, 0.15) is 12.7 Å². The van der Waals surface area contributed by atoms with Crippen molar-refractivity contribution in [1.29, 1.82) is 5.26 Å². The maximum absolute atomic E-state index is 8.88. The van der Waals surface area contributed by atoms with E-state index in [0.717, 1.165) is 0 Å². The molecule has 0 fully saturated rings. The number of rotatable bonds is 1. The van der Waals surface area contributed by atoms with E-state index in [9.17, 15) is 0 Å². The first kappa shape index (κ1) is 7.71. The average molecular weight is 174 g/mol. The summed E-state index contributed by atoms with van der Waals surface area (Å²) in [6.07, 6.45) is 1.60. The maximum atomic E-state index is 8.88. The van der Waals surface area contributed by atoms with E-state index in [2.05, 4.69) is 10.2 Å². The fraction of sp³-hybridized carbons (Fsp3) is 0.125. The number of aliphatic hydroxyl groups is 1. The van der Waals surface area contributed by atoms with Crippen LogP contribution in [0.15, 0.2) is 18.3 Å². The summed E-state index contributed by atoms with van der Waals surface area (Å²) < 4.78 is 1.60. The third-order valence-electron chi connectivity index (χ3n) is 1.74.